The maximum absolute atomic E-state index is 5.38. The lowest BCUT2D eigenvalue weighted by Crippen LogP contribution is -2.03. The van der Waals surface area contributed by atoms with Crippen LogP contribution in [-0.4, -0.2) is 14.5 Å². The number of aromatic nitrogens is 3. The van der Waals surface area contributed by atoms with Gasteiger partial charge in [-0.05, 0) is 17.5 Å². The highest BCUT2D eigenvalue weighted by Crippen LogP contribution is 2.48. The second kappa shape index (κ2) is 8.71. The topological polar surface area (TPSA) is 30.7 Å². The molecule has 5 heteroatoms. The van der Waals surface area contributed by atoms with Crippen LogP contribution in [0, 0.1) is 0 Å². The van der Waals surface area contributed by atoms with Crippen molar-refractivity contribution >= 4 is 95.7 Å². The predicted octanol–water partition coefficient (Wildman–Crippen LogP) is 11.1. The highest BCUT2D eigenvalue weighted by molar-refractivity contribution is 7.45. The molecule has 0 aliphatic heterocycles. The van der Waals surface area contributed by atoms with Crippen LogP contribution in [0.25, 0.3) is 90.3 Å². The van der Waals surface area contributed by atoms with Crippen molar-refractivity contribution < 1.29 is 0 Å². The molecule has 200 valence electrons. The number of nitrogens with zero attached hydrogens (tertiary/aromatic N) is 3. The summed E-state index contributed by atoms with van der Waals surface area (Å²) < 4.78 is 6.32. The number of benzene rings is 6. The molecule has 3 nitrogen and oxygen atoms in total. The van der Waals surface area contributed by atoms with E-state index in [-0.39, 0.29) is 0 Å². The molecule has 0 saturated heterocycles. The van der Waals surface area contributed by atoms with Gasteiger partial charge in [-0.2, -0.15) is 0 Å². The van der Waals surface area contributed by atoms with Crippen molar-refractivity contribution in [2.75, 3.05) is 0 Å². The molecular formula is C38H21N3S2. The van der Waals surface area contributed by atoms with Gasteiger partial charge in [-0.25, -0.2) is 9.97 Å². The summed E-state index contributed by atoms with van der Waals surface area (Å²) in [5.74, 6) is 0.697. The SMILES string of the molecule is c1ccc(-c2nc(-n3c4c5ccccc5ccc4c4ccc5c(sc6sc7ccccc7c65)c43)nc3ccccc23)cc1. The normalized spacial score (nSPS) is 12.2. The Balaban J connectivity index is 1.43. The van der Waals surface area contributed by atoms with Gasteiger partial charge in [-0.1, -0.05) is 115 Å². The number of hydrogen-bond donors (Lipinski definition) is 0. The lowest BCUT2D eigenvalue weighted by molar-refractivity contribution is 1.02. The number of fused-ring (bicyclic) bond motifs is 12. The van der Waals surface area contributed by atoms with Gasteiger partial charge in [0.1, 0.15) is 0 Å². The summed E-state index contributed by atoms with van der Waals surface area (Å²) in [6.07, 6.45) is 0. The summed E-state index contributed by atoms with van der Waals surface area (Å²) in [6, 6.07) is 45.4. The van der Waals surface area contributed by atoms with E-state index in [0.717, 1.165) is 27.7 Å². The van der Waals surface area contributed by atoms with Gasteiger partial charge >= 0.3 is 0 Å². The molecule has 0 saturated carbocycles. The molecule has 43 heavy (non-hydrogen) atoms. The van der Waals surface area contributed by atoms with Crippen LogP contribution in [0.15, 0.2) is 127 Å². The molecule has 0 aliphatic rings. The molecule has 6 aromatic carbocycles. The van der Waals surface area contributed by atoms with E-state index in [9.17, 15) is 0 Å². The van der Waals surface area contributed by atoms with Gasteiger partial charge in [0.2, 0.25) is 5.95 Å². The van der Waals surface area contributed by atoms with Crippen molar-refractivity contribution in [1.82, 2.24) is 14.5 Å². The van der Waals surface area contributed by atoms with Gasteiger partial charge in [0.25, 0.3) is 0 Å². The minimum atomic E-state index is 0.697. The number of para-hydroxylation sites is 1. The van der Waals surface area contributed by atoms with E-state index < -0.39 is 0 Å². The average molecular weight is 584 g/mol. The Bertz CT molecular complexity index is 2730. The van der Waals surface area contributed by atoms with Crippen LogP contribution in [-0.2, 0) is 0 Å². The molecule has 0 bridgehead atoms. The van der Waals surface area contributed by atoms with Gasteiger partial charge in [0, 0.05) is 48.0 Å². The Morgan fingerprint density at radius 2 is 1.19 bits per heavy atom. The fourth-order valence-corrected chi connectivity index (χ4v) is 9.48. The summed E-state index contributed by atoms with van der Waals surface area (Å²) in [4.78, 5) is 10.6. The van der Waals surface area contributed by atoms with E-state index >= 15 is 0 Å². The number of thiophene rings is 2. The standard InChI is InChI=1S/C38H21N3S2/c1-2-11-23(12-3-1)33-27-14-6-8-16-30(27)39-38(40-33)41-34-24-13-5-4-10-22(24)18-19-25(34)26-20-21-29-32-28-15-7-9-17-31(28)42-37(32)43-36(29)35(26)41/h1-21H. The van der Waals surface area contributed by atoms with Gasteiger partial charge in [-0.15, -0.1) is 22.7 Å². The molecule has 4 aromatic heterocycles. The lowest BCUT2D eigenvalue weighted by Gasteiger charge is -2.13. The molecular weight excluding hydrogens is 563 g/mol. The second-order valence-electron chi connectivity index (χ2n) is 11.0. The molecule has 0 fully saturated rings. The van der Waals surface area contributed by atoms with Gasteiger partial charge < -0.3 is 0 Å². The molecule has 0 atom stereocenters. The van der Waals surface area contributed by atoms with Crippen molar-refractivity contribution in [3.8, 4) is 17.2 Å². The molecule has 0 unspecified atom stereocenters. The van der Waals surface area contributed by atoms with E-state index in [1.165, 1.54) is 56.6 Å². The third kappa shape index (κ3) is 3.23. The van der Waals surface area contributed by atoms with Gasteiger partial charge in [0.15, 0.2) is 0 Å². The first-order valence-electron chi connectivity index (χ1n) is 14.3. The Morgan fingerprint density at radius 3 is 2.09 bits per heavy atom. The molecule has 10 aromatic rings. The fraction of sp³-hybridized carbons (Fsp3) is 0. The molecule has 0 N–H and O–H groups in total. The van der Waals surface area contributed by atoms with E-state index in [2.05, 4.69) is 132 Å². The maximum atomic E-state index is 5.38. The number of hydrogen-bond acceptors (Lipinski definition) is 4. The molecule has 0 radical (unpaired) electrons. The summed E-state index contributed by atoms with van der Waals surface area (Å²) in [7, 11) is 0. The predicted molar refractivity (Wildman–Crippen MR) is 185 cm³/mol. The van der Waals surface area contributed by atoms with Crippen LogP contribution in [0.2, 0.25) is 0 Å². The third-order valence-electron chi connectivity index (χ3n) is 8.64. The third-order valence-corrected chi connectivity index (χ3v) is 11.1. The van der Waals surface area contributed by atoms with Crippen LogP contribution in [0.1, 0.15) is 0 Å². The van der Waals surface area contributed by atoms with Crippen LogP contribution >= 0.6 is 22.7 Å². The Hall–Kier alpha value is -5.10. The minimum Gasteiger partial charge on any atom is -0.276 e. The first-order chi connectivity index (χ1) is 21.3. The summed E-state index contributed by atoms with van der Waals surface area (Å²) in [5.41, 5.74) is 5.29. The van der Waals surface area contributed by atoms with Crippen LogP contribution in [0.5, 0.6) is 0 Å². The summed E-state index contributed by atoms with van der Waals surface area (Å²) >= 11 is 3.78. The number of rotatable bonds is 2. The average Bonchev–Trinajstić information content (AvgIpc) is 3.72. The van der Waals surface area contributed by atoms with Crippen LogP contribution in [0.4, 0.5) is 0 Å². The highest BCUT2D eigenvalue weighted by Gasteiger charge is 2.23. The van der Waals surface area contributed by atoms with E-state index in [1.54, 1.807) is 0 Å². The van der Waals surface area contributed by atoms with Crippen molar-refractivity contribution in [2.24, 2.45) is 0 Å². The zero-order valence-corrected chi connectivity index (χ0v) is 24.4. The van der Waals surface area contributed by atoms with Gasteiger partial charge in [0.05, 0.1) is 31.0 Å². The minimum absolute atomic E-state index is 0.697. The second-order valence-corrected chi connectivity index (χ2v) is 13.3. The summed E-state index contributed by atoms with van der Waals surface area (Å²) in [6.45, 7) is 0. The monoisotopic (exact) mass is 583 g/mol. The Kier molecular flexibility index (Phi) is 4.75. The van der Waals surface area contributed by atoms with Crippen LogP contribution in [0.3, 0.4) is 0 Å². The lowest BCUT2D eigenvalue weighted by atomic mass is 10.0. The Labute approximate surface area is 253 Å². The first-order valence-corrected chi connectivity index (χ1v) is 16.0. The maximum Gasteiger partial charge on any atom is 0.235 e. The van der Waals surface area contributed by atoms with Crippen molar-refractivity contribution in [3.05, 3.63) is 127 Å². The van der Waals surface area contributed by atoms with Crippen molar-refractivity contribution in [3.63, 3.8) is 0 Å². The first kappa shape index (κ1) is 23.5. The summed E-state index contributed by atoms with van der Waals surface area (Å²) in [5, 5.41) is 9.88. The van der Waals surface area contributed by atoms with Crippen molar-refractivity contribution in [2.45, 2.75) is 0 Å². The van der Waals surface area contributed by atoms with Crippen molar-refractivity contribution in [1.29, 1.82) is 0 Å². The Morgan fingerprint density at radius 1 is 0.488 bits per heavy atom. The quantitative estimate of drug-likeness (QED) is 0.203. The largest absolute Gasteiger partial charge is 0.276 e. The fourth-order valence-electron chi connectivity index (χ4n) is 6.76. The zero-order chi connectivity index (χ0) is 28.1. The smallest absolute Gasteiger partial charge is 0.235 e. The van der Waals surface area contributed by atoms with Gasteiger partial charge in [-0.3, -0.25) is 4.57 Å². The zero-order valence-electron chi connectivity index (χ0n) is 22.8. The molecule has 0 amide bonds. The van der Waals surface area contributed by atoms with E-state index in [4.69, 9.17) is 9.97 Å². The highest BCUT2D eigenvalue weighted by atomic mass is 32.2. The van der Waals surface area contributed by atoms with Crippen LogP contribution < -0.4 is 0 Å². The molecule has 0 aliphatic carbocycles. The van der Waals surface area contributed by atoms with E-state index in [1.807, 2.05) is 22.7 Å². The molecule has 4 heterocycles. The molecule has 0 spiro atoms. The molecule has 10 rings (SSSR count). The van der Waals surface area contributed by atoms with E-state index in [0.29, 0.717) is 5.95 Å².